The first-order valence-electron chi connectivity index (χ1n) is 5.52. The molecule has 0 spiro atoms. The van der Waals surface area contributed by atoms with Gasteiger partial charge in [-0.15, -0.1) is 23.1 Å². The van der Waals surface area contributed by atoms with Crippen molar-refractivity contribution in [2.45, 2.75) is 19.2 Å². The molecule has 0 atom stereocenters. The Kier molecular flexibility index (Phi) is 4.83. The Bertz CT molecular complexity index is 494. The number of nitrogens with zero attached hydrogens (tertiary/aromatic N) is 1. The lowest BCUT2D eigenvalue weighted by Crippen LogP contribution is -2.24. The maximum atomic E-state index is 11.5. The first kappa shape index (κ1) is 13.2. The lowest BCUT2D eigenvalue weighted by Gasteiger charge is -2.02. The summed E-state index contributed by atoms with van der Waals surface area (Å²) in [6, 6.07) is 3.65. The fourth-order valence-electron chi connectivity index (χ4n) is 1.37. The van der Waals surface area contributed by atoms with Crippen LogP contribution in [0.3, 0.4) is 0 Å². The lowest BCUT2D eigenvalue weighted by molar-refractivity contribution is -0.118. The molecule has 2 aromatic heterocycles. The van der Waals surface area contributed by atoms with Gasteiger partial charge in [-0.3, -0.25) is 4.79 Å². The van der Waals surface area contributed by atoms with Crippen LogP contribution in [0.4, 0.5) is 0 Å². The van der Waals surface area contributed by atoms with Gasteiger partial charge in [0.05, 0.1) is 29.3 Å². The molecule has 0 unspecified atom stereocenters. The van der Waals surface area contributed by atoms with Gasteiger partial charge < -0.3 is 9.73 Å². The number of aromatic nitrogens is 1. The number of furan rings is 1. The minimum Gasteiger partial charge on any atom is -0.467 e. The van der Waals surface area contributed by atoms with Crippen LogP contribution in [0.1, 0.15) is 16.5 Å². The van der Waals surface area contributed by atoms with Crippen molar-refractivity contribution in [3.63, 3.8) is 0 Å². The van der Waals surface area contributed by atoms with Crippen molar-refractivity contribution in [1.82, 2.24) is 10.3 Å². The van der Waals surface area contributed by atoms with Crippen LogP contribution in [0.25, 0.3) is 0 Å². The van der Waals surface area contributed by atoms with Crippen LogP contribution in [0.5, 0.6) is 0 Å². The van der Waals surface area contributed by atoms with Gasteiger partial charge in [0.2, 0.25) is 5.91 Å². The second-order valence-corrected chi connectivity index (χ2v) is 5.75. The van der Waals surface area contributed by atoms with E-state index in [9.17, 15) is 4.79 Å². The first-order valence-corrected chi connectivity index (χ1v) is 7.55. The highest BCUT2D eigenvalue weighted by molar-refractivity contribution is 7.99. The van der Waals surface area contributed by atoms with Gasteiger partial charge >= 0.3 is 0 Å². The van der Waals surface area contributed by atoms with Gasteiger partial charge in [-0.25, -0.2) is 4.98 Å². The SMILES string of the molecule is Cc1nc(CSCC(=O)NCc2ccco2)cs1. The summed E-state index contributed by atoms with van der Waals surface area (Å²) in [7, 11) is 0. The minimum atomic E-state index is 0.0170. The van der Waals surface area contributed by atoms with Crippen LogP contribution >= 0.6 is 23.1 Å². The summed E-state index contributed by atoms with van der Waals surface area (Å²) in [6.45, 7) is 2.43. The number of rotatable bonds is 6. The van der Waals surface area contributed by atoms with Crippen molar-refractivity contribution in [2.75, 3.05) is 5.75 Å². The van der Waals surface area contributed by atoms with E-state index in [1.165, 1.54) is 0 Å². The van der Waals surface area contributed by atoms with E-state index < -0.39 is 0 Å². The summed E-state index contributed by atoms with van der Waals surface area (Å²) < 4.78 is 5.13. The summed E-state index contributed by atoms with van der Waals surface area (Å²) in [5.74, 6) is 2.00. The first-order chi connectivity index (χ1) is 8.74. The fourth-order valence-corrected chi connectivity index (χ4v) is 2.84. The predicted molar refractivity (Wildman–Crippen MR) is 73.6 cm³/mol. The molecule has 1 N–H and O–H groups in total. The second-order valence-electron chi connectivity index (χ2n) is 3.71. The standard InChI is InChI=1S/C12H14N2O2S2/c1-9-14-10(7-18-9)6-17-8-12(15)13-5-11-3-2-4-16-11/h2-4,7H,5-6,8H2,1H3,(H,13,15). The highest BCUT2D eigenvalue weighted by Crippen LogP contribution is 2.14. The van der Waals surface area contributed by atoms with Crippen molar-refractivity contribution < 1.29 is 9.21 Å². The van der Waals surface area contributed by atoms with E-state index in [2.05, 4.69) is 10.3 Å². The molecule has 0 fully saturated rings. The molecule has 2 aromatic rings. The zero-order valence-corrected chi connectivity index (χ0v) is 11.6. The minimum absolute atomic E-state index is 0.0170. The van der Waals surface area contributed by atoms with Gasteiger partial charge in [0, 0.05) is 11.1 Å². The van der Waals surface area contributed by atoms with Gasteiger partial charge in [0.1, 0.15) is 5.76 Å². The van der Waals surface area contributed by atoms with E-state index >= 15 is 0 Å². The number of hydrogen-bond acceptors (Lipinski definition) is 5. The molecule has 4 nitrogen and oxygen atoms in total. The summed E-state index contributed by atoms with van der Waals surface area (Å²) >= 11 is 3.20. The topological polar surface area (TPSA) is 55.1 Å². The lowest BCUT2D eigenvalue weighted by atomic mass is 10.4. The van der Waals surface area contributed by atoms with Crippen LogP contribution in [0.15, 0.2) is 28.2 Å². The highest BCUT2D eigenvalue weighted by Gasteiger charge is 2.04. The van der Waals surface area contributed by atoms with E-state index in [0.29, 0.717) is 12.3 Å². The van der Waals surface area contributed by atoms with Crippen molar-refractivity contribution >= 4 is 29.0 Å². The Morgan fingerprint density at radius 1 is 1.61 bits per heavy atom. The van der Waals surface area contributed by atoms with E-state index in [1.54, 1.807) is 35.4 Å². The molecule has 2 rings (SSSR count). The number of carbonyl (C=O) groups excluding carboxylic acids is 1. The Hall–Kier alpha value is -1.27. The zero-order valence-electron chi connectivity index (χ0n) is 10.0. The molecule has 18 heavy (non-hydrogen) atoms. The second kappa shape index (κ2) is 6.61. The average Bonchev–Trinajstić information content (AvgIpc) is 2.98. The van der Waals surface area contributed by atoms with E-state index in [4.69, 9.17) is 4.42 Å². The van der Waals surface area contributed by atoms with Gasteiger partial charge in [-0.2, -0.15) is 0 Å². The third-order valence-electron chi connectivity index (χ3n) is 2.19. The summed E-state index contributed by atoms with van der Waals surface area (Å²) in [4.78, 5) is 15.9. The van der Waals surface area contributed by atoms with E-state index in [1.807, 2.05) is 18.4 Å². The molecule has 0 aliphatic heterocycles. The Morgan fingerprint density at radius 3 is 3.17 bits per heavy atom. The molecule has 1 amide bonds. The van der Waals surface area contributed by atoms with Crippen LogP contribution in [-0.4, -0.2) is 16.6 Å². The molecular weight excluding hydrogens is 268 g/mol. The molecular formula is C12H14N2O2S2. The van der Waals surface area contributed by atoms with Crippen molar-refractivity contribution in [1.29, 1.82) is 0 Å². The molecule has 0 saturated carbocycles. The molecule has 96 valence electrons. The summed E-state index contributed by atoms with van der Waals surface area (Å²) in [5.41, 5.74) is 1.04. The van der Waals surface area contributed by atoms with Crippen molar-refractivity contribution in [2.24, 2.45) is 0 Å². The van der Waals surface area contributed by atoms with Crippen molar-refractivity contribution in [3.05, 3.63) is 40.2 Å². The van der Waals surface area contributed by atoms with Crippen LogP contribution in [0, 0.1) is 6.92 Å². The highest BCUT2D eigenvalue weighted by atomic mass is 32.2. The normalized spacial score (nSPS) is 10.5. The number of carbonyl (C=O) groups is 1. The molecule has 0 aliphatic rings. The van der Waals surface area contributed by atoms with Gasteiger partial charge in [-0.1, -0.05) is 0 Å². The van der Waals surface area contributed by atoms with E-state index in [-0.39, 0.29) is 5.91 Å². The number of aryl methyl sites for hydroxylation is 1. The molecule has 0 bridgehead atoms. The van der Waals surface area contributed by atoms with Gasteiger partial charge in [0.25, 0.3) is 0 Å². The summed E-state index contributed by atoms with van der Waals surface area (Å²) in [5, 5.41) is 5.90. The third-order valence-corrected chi connectivity index (χ3v) is 3.98. The monoisotopic (exact) mass is 282 g/mol. The van der Waals surface area contributed by atoms with E-state index in [0.717, 1.165) is 22.2 Å². The van der Waals surface area contributed by atoms with Gasteiger partial charge in [0.15, 0.2) is 0 Å². The maximum absolute atomic E-state index is 11.5. The van der Waals surface area contributed by atoms with Gasteiger partial charge in [-0.05, 0) is 19.1 Å². The fraction of sp³-hybridized carbons (Fsp3) is 0.333. The molecule has 6 heteroatoms. The Balaban J connectivity index is 1.63. The number of nitrogens with one attached hydrogen (secondary N) is 1. The smallest absolute Gasteiger partial charge is 0.230 e. The predicted octanol–water partition coefficient (Wildman–Crippen LogP) is 2.59. The number of thioether (sulfide) groups is 1. The van der Waals surface area contributed by atoms with Crippen molar-refractivity contribution in [3.8, 4) is 0 Å². The Morgan fingerprint density at radius 2 is 2.50 bits per heavy atom. The van der Waals surface area contributed by atoms with Crippen LogP contribution in [0.2, 0.25) is 0 Å². The zero-order chi connectivity index (χ0) is 12.8. The Labute approximate surface area is 114 Å². The number of amides is 1. The van der Waals surface area contributed by atoms with Crippen LogP contribution in [-0.2, 0) is 17.1 Å². The quantitative estimate of drug-likeness (QED) is 0.885. The number of hydrogen-bond donors (Lipinski definition) is 1. The molecule has 0 aliphatic carbocycles. The number of thiazole rings is 1. The third kappa shape index (κ3) is 4.19. The van der Waals surface area contributed by atoms with Crippen LogP contribution < -0.4 is 5.32 Å². The molecule has 2 heterocycles. The largest absolute Gasteiger partial charge is 0.467 e. The maximum Gasteiger partial charge on any atom is 0.230 e. The molecule has 0 aromatic carbocycles. The molecule has 0 saturated heterocycles. The average molecular weight is 282 g/mol. The molecule has 0 radical (unpaired) electrons. The summed E-state index contributed by atoms with van der Waals surface area (Å²) in [6.07, 6.45) is 1.60.